The Morgan fingerprint density at radius 2 is 2.19 bits per heavy atom. The molecule has 2 rings (SSSR count). The minimum Gasteiger partial charge on any atom is -0.313 e. The quantitative estimate of drug-likeness (QED) is 0.807. The van der Waals surface area contributed by atoms with Gasteiger partial charge in [-0.2, -0.15) is 11.8 Å². The Hall–Kier alpha value is -0.540. The third-order valence-electron chi connectivity index (χ3n) is 3.31. The summed E-state index contributed by atoms with van der Waals surface area (Å²) in [7, 11) is 1.96. The molecule has 0 fully saturated rings. The van der Waals surface area contributed by atoms with Crippen molar-refractivity contribution in [1.82, 2.24) is 5.32 Å². The van der Waals surface area contributed by atoms with Crippen LogP contribution in [0, 0.1) is 18.7 Å². The fourth-order valence-corrected chi connectivity index (χ4v) is 3.74. The molecular formula is C13H18FNS. The highest BCUT2D eigenvalue weighted by Gasteiger charge is 2.25. The molecule has 0 spiro atoms. The molecule has 0 saturated heterocycles. The van der Waals surface area contributed by atoms with Gasteiger partial charge in [0.05, 0.1) is 0 Å². The van der Waals surface area contributed by atoms with E-state index in [1.54, 1.807) is 12.1 Å². The standard InChI is InChI=1S/C13H18FNS/c1-8-4-10(14)5-11-12(8)7-16-6-9(2)13(11)15-3/h4-5,9,13,15H,6-7H2,1-3H3. The van der Waals surface area contributed by atoms with Gasteiger partial charge in [-0.25, -0.2) is 4.39 Å². The summed E-state index contributed by atoms with van der Waals surface area (Å²) in [4.78, 5) is 0. The fraction of sp³-hybridized carbons (Fsp3) is 0.538. The first-order valence-electron chi connectivity index (χ1n) is 5.67. The zero-order valence-electron chi connectivity index (χ0n) is 10.0. The Kier molecular flexibility index (Phi) is 3.55. The number of halogens is 1. The van der Waals surface area contributed by atoms with Crippen molar-refractivity contribution in [3.63, 3.8) is 0 Å². The highest BCUT2D eigenvalue weighted by Crippen LogP contribution is 2.36. The van der Waals surface area contributed by atoms with Crippen LogP contribution in [0.25, 0.3) is 0 Å². The van der Waals surface area contributed by atoms with Crippen molar-refractivity contribution in [2.45, 2.75) is 25.6 Å². The molecule has 0 saturated carbocycles. The number of aryl methyl sites for hydroxylation is 1. The minimum atomic E-state index is -0.115. The second-order valence-electron chi connectivity index (χ2n) is 4.55. The van der Waals surface area contributed by atoms with Crippen LogP contribution in [0.3, 0.4) is 0 Å². The van der Waals surface area contributed by atoms with Gasteiger partial charge in [0.1, 0.15) is 5.82 Å². The zero-order valence-corrected chi connectivity index (χ0v) is 10.8. The van der Waals surface area contributed by atoms with Crippen molar-refractivity contribution in [2.75, 3.05) is 12.8 Å². The number of rotatable bonds is 1. The summed E-state index contributed by atoms with van der Waals surface area (Å²) in [5.41, 5.74) is 3.55. The van der Waals surface area contributed by atoms with Gasteiger partial charge in [-0.3, -0.25) is 0 Å². The summed E-state index contributed by atoms with van der Waals surface area (Å²) in [6, 6.07) is 3.62. The molecule has 1 heterocycles. The van der Waals surface area contributed by atoms with Crippen molar-refractivity contribution in [1.29, 1.82) is 0 Å². The van der Waals surface area contributed by atoms with Gasteiger partial charge in [0.2, 0.25) is 0 Å². The van der Waals surface area contributed by atoms with E-state index >= 15 is 0 Å². The lowest BCUT2D eigenvalue weighted by Gasteiger charge is -2.23. The molecule has 1 aliphatic heterocycles. The average Bonchev–Trinajstić information content (AvgIpc) is 2.37. The van der Waals surface area contributed by atoms with Crippen LogP contribution < -0.4 is 5.32 Å². The number of thioether (sulfide) groups is 1. The fourth-order valence-electron chi connectivity index (χ4n) is 2.46. The van der Waals surface area contributed by atoms with E-state index in [4.69, 9.17) is 0 Å². The molecular weight excluding hydrogens is 221 g/mol. The lowest BCUT2D eigenvalue weighted by Crippen LogP contribution is -2.24. The second kappa shape index (κ2) is 4.76. The maximum Gasteiger partial charge on any atom is 0.123 e. The first kappa shape index (κ1) is 11.9. The maximum atomic E-state index is 13.5. The SMILES string of the molecule is CNC1c2cc(F)cc(C)c2CSCC1C. The maximum absolute atomic E-state index is 13.5. The molecule has 0 aliphatic carbocycles. The third kappa shape index (κ3) is 2.11. The van der Waals surface area contributed by atoms with Crippen LogP contribution in [-0.2, 0) is 5.75 Å². The van der Waals surface area contributed by atoms with Crippen molar-refractivity contribution in [2.24, 2.45) is 5.92 Å². The van der Waals surface area contributed by atoms with Gasteiger partial charge in [0.15, 0.2) is 0 Å². The summed E-state index contributed by atoms with van der Waals surface area (Å²) in [6.45, 7) is 4.23. The average molecular weight is 239 g/mol. The molecule has 0 amide bonds. The lowest BCUT2D eigenvalue weighted by atomic mass is 9.90. The van der Waals surface area contributed by atoms with Crippen molar-refractivity contribution >= 4 is 11.8 Å². The molecule has 1 aliphatic rings. The smallest absolute Gasteiger partial charge is 0.123 e. The highest BCUT2D eigenvalue weighted by atomic mass is 32.2. The predicted octanol–water partition coefficient (Wildman–Crippen LogP) is 3.28. The molecule has 2 unspecified atom stereocenters. The molecule has 88 valence electrons. The molecule has 3 heteroatoms. The third-order valence-corrected chi connectivity index (χ3v) is 4.57. The molecule has 0 radical (unpaired) electrons. The molecule has 1 nitrogen and oxygen atoms in total. The van der Waals surface area contributed by atoms with E-state index in [0.717, 1.165) is 22.6 Å². The highest BCUT2D eigenvalue weighted by molar-refractivity contribution is 7.98. The van der Waals surface area contributed by atoms with E-state index in [-0.39, 0.29) is 11.9 Å². The first-order valence-corrected chi connectivity index (χ1v) is 6.83. The van der Waals surface area contributed by atoms with Crippen LogP contribution in [-0.4, -0.2) is 12.8 Å². The van der Waals surface area contributed by atoms with Crippen LogP contribution in [0.2, 0.25) is 0 Å². The van der Waals surface area contributed by atoms with Crippen LogP contribution in [0.4, 0.5) is 4.39 Å². The van der Waals surface area contributed by atoms with E-state index in [9.17, 15) is 4.39 Å². The van der Waals surface area contributed by atoms with Crippen molar-refractivity contribution in [3.8, 4) is 0 Å². The minimum absolute atomic E-state index is 0.115. The number of benzene rings is 1. The van der Waals surface area contributed by atoms with Crippen LogP contribution in [0.5, 0.6) is 0 Å². The van der Waals surface area contributed by atoms with Gasteiger partial charge in [-0.05, 0) is 54.5 Å². The lowest BCUT2D eigenvalue weighted by molar-refractivity contribution is 0.447. The zero-order chi connectivity index (χ0) is 11.7. The number of fused-ring (bicyclic) bond motifs is 1. The van der Waals surface area contributed by atoms with E-state index < -0.39 is 0 Å². The Morgan fingerprint density at radius 1 is 1.44 bits per heavy atom. The largest absolute Gasteiger partial charge is 0.313 e. The van der Waals surface area contributed by atoms with E-state index in [1.807, 2.05) is 25.7 Å². The first-order chi connectivity index (χ1) is 7.63. The summed E-state index contributed by atoms with van der Waals surface area (Å²) >= 11 is 1.94. The molecule has 0 bridgehead atoms. The summed E-state index contributed by atoms with van der Waals surface area (Å²) in [5.74, 6) is 2.55. The predicted molar refractivity (Wildman–Crippen MR) is 68.3 cm³/mol. The van der Waals surface area contributed by atoms with Gasteiger partial charge in [-0.15, -0.1) is 0 Å². The van der Waals surface area contributed by atoms with E-state index in [2.05, 4.69) is 12.2 Å². The van der Waals surface area contributed by atoms with Crippen LogP contribution in [0.15, 0.2) is 12.1 Å². The summed E-state index contributed by atoms with van der Waals surface area (Å²) in [5, 5.41) is 3.32. The van der Waals surface area contributed by atoms with Crippen LogP contribution >= 0.6 is 11.8 Å². The Labute approximate surface area is 101 Å². The topological polar surface area (TPSA) is 12.0 Å². The number of hydrogen-bond acceptors (Lipinski definition) is 2. The summed E-state index contributed by atoms with van der Waals surface area (Å²) < 4.78 is 13.5. The van der Waals surface area contributed by atoms with E-state index in [1.165, 1.54) is 5.56 Å². The molecule has 16 heavy (non-hydrogen) atoms. The molecule has 1 aromatic rings. The monoisotopic (exact) mass is 239 g/mol. The molecule has 1 N–H and O–H groups in total. The van der Waals surface area contributed by atoms with E-state index in [0.29, 0.717) is 5.92 Å². The van der Waals surface area contributed by atoms with Gasteiger partial charge in [0.25, 0.3) is 0 Å². The van der Waals surface area contributed by atoms with Crippen molar-refractivity contribution in [3.05, 3.63) is 34.6 Å². The van der Waals surface area contributed by atoms with Gasteiger partial charge < -0.3 is 5.32 Å². The summed E-state index contributed by atoms with van der Waals surface area (Å²) in [6.07, 6.45) is 0. The Balaban J connectivity index is 2.53. The van der Waals surface area contributed by atoms with Crippen LogP contribution in [0.1, 0.15) is 29.7 Å². The normalized spacial score (nSPS) is 25.0. The van der Waals surface area contributed by atoms with Gasteiger partial charge in [-0.1, -0.05) is 6.92 Å². The number of nitrogens with one attached hydrogen (secondary N) is 1. The van der Waals surface area contributed by atoms with Crippen molar-refractivity contribution < 1.29 is 4.39 Å². The Bertz CT molecular complexity index is 392. The number of hydrogen-bond donors (Lipinski definition) is 1. The Morgan fingerprint density at radius 3 is 2.88 bits per heavy atom. The molecule has 0 aromatic heterocycles. The molecule has 2 atom stereocenters. The molecule has 1 aromatic carbocycles. The van der Waals surface area contributed by atoms with Gasteiger partial charge in [0, 0.05) is 11.8 Å². The second-order valence-corrected chi connectivity index (χ2v) is 5.58. The van der Waals surface area contributed by atoms with Gasteiger partial charge >= 0.3 is 0 Å².